The molecule has 30 heavy (non-hydrogen) atoms. The highest BCUT2D eigenvalue weighted by Gasteiger charge is 2.24. The molecular formula is C20H22ClN9. The fourth-order valence-corrected chi connectivity index (χ4v) is 4.22. The summed E-state index contributed by atoms with van der Waals surface area (Å²) in [5, 5.41) is 5.04. The van der Waals surface area contributed by atoms with Crippen molar-refractivity contribution in [2.45, 2.75) is 13.5 Å². The molecule has 0 aromatic carbocycles. The van der Waals surface area contributed by atoms with E-state index in [0.29, 0.717) is 10.7 Å². The van der Waals surface area contributed by atoms with Crippen molar-refractivity contribution in [1.29, 1.82) is 0 Å². The smallest absolute Gasteiger partial charge is 0.180 e. The quantitative estimate of drug-likeness (QED) is 0.539. The maximum Gasteiger partial charge on any atom is 0.180 e. The SMILES string of the molecule is Cc1nn(C)cc1-c1nc2ncc(Cl)c(N3CCN(Cc4cnccn4)CC3)c2[nH]1. The van der Waals surface area contributed by atoms with E-state index >= 15 is 0 Å². The number of H-pyrrole nitrogens is 1. The number of aryl methyl sites for hydroxylation is 2. The summed E-state index contributed by atoms with van der Waals surface area (Å²) < 4.78 is 1.79. The zero-order valence-electron chi connectivity index (χ0n) is 16.9. The Labute approximate surface area is 178 Å². The first-order valence-corrected chi connectivity index (χ1v) is 10.2. The molecule has 4 aromatic rings. The maximum atomic E-state index is 6.59. The third-order valence-electron chi connectivity index (χ3n) is 5.41. The average molecular weight is 424 g/mol. The molecule has 0 amide bonds. The third-order valence-corrected chi connectivity index (χ3v) is 5.68. The van der Waals surface area contributed by atoms with Crippen LogP contribution in [0.5, 0.6) is 0 Å². The number of aromatic nitrogens is 7. The molecule has 1 saturated heterocycles. The van der Waals surface area contributed by atoms with Gasteiger partial charge in [-0.1, -0.05) is 11.6 Å². The fraction of sp³-hybridized carbons (Fsp3) is 0.350. The summed E-state index contributed by atoms with van der Waals surface area (Å²) in [5.41, 5.74) is 5.35. The van der Waals surface area contributed by atoms with E-state index in [9.17, 15) is 0 Å². The number of hydrogen-bond acceptors (Lipinski definition) is 7. The van der Waals surface area contributed by atoms with Crippen molar-refractivity contribution in [3.63, 3.8) is 0 Å². The minimum atomic E-state index is 0.628. The van der Waals surface area contributed by atoms with Crippen molar-refractivity contribution in [2.75, 3.05) is 31.1 Å². The lowest BCUT2D eigenvalue weighted by Gasteiger charge is -2.36. The number of hydrogen-bond donors (Lipinski definition) is 1. The van der Waals surface area contributed by atoms with Crippen molar-refractivity contribution in [2.24, 2.45) is 7.05 Å². The van der Waals surface area contributed by atoms with Crippen LogP contribution in [0.4, 0.5) is 5.69 Å². The van der Waals surface area contributed by atoms with Crippen LogP contribution in [0.2, 0.25) is 5.02 Å². The summed E-state index contributed by atoms with van der Waals surface area (Å²) in [4.78, 5) is 25.8. The summed E-state index contributed by atoms with van der Waals surface area (Å²) >= 11 is 6.59. The Bertz CT molecular complexity index is 1180. The standard InChI is InChI=1S/C20H22ClN9/c1-13-15(12-28(2)27-13)19-25-17-18(16(21)10-24-20(17)26-19)30-7-5-29(6-8-30)11-14-9-22-3-4-23-14/h3-4,9-10,12H,5-8,11H2,1-2H3,(H,24,25,26). The van der Waals surface area contributed by atoms with Crippen LogP contribution in [0, 0.1) is 6.92 Å². The first-order valence-electron chi connectivity index (χ1n) is 9.85. The molecule has 1 N–H and O–H groups in total. The summed E-state index contributed by atoms with van der Waals surface area (Å²) in [7, 11) is 1.90. The van der Waals surface area contributed by atoms with Gasteiger partial charge in [-0.2, -0.15) is 5.10 Å². The van der Waals surface area contributed by atoms with Crippen LogP contribution in [0.25, 0.3) is 22.6 Å². The Kier molecular flexibility index (Phi) is 4.84. The zero-order chi connectivity index (χ0) is 20.7. The maximum absolute atomic E-state index is 6.59. The lowest BCUT2D eigenvalue weighted by atomic mass is 10.2. The van der Waals surface area contributed by atoms with Crippen LogP contribution >= 0.6 is 11.6 Å². The molecule has 0 spiro atoms. The van der Waals surface area contributed by atoms with Gasteiger partial charge in [-0.3, -0.25) is 19.5 Å². The van der Waals surface area contributed by atoms with Gasteiger partial charge in [-0.15, -0.1) is 0 Å². The summed E-state index contributed by atoms with van der Waals surface area (Å²) in [6.45, 7) is 6.33. The Balaban J connectivity index is 1.40. The molecule has 0 unspecified atom stereocenters. The van der Waals surface area contributed by atoms with E-state index in [0.717, 1.165) is 66.7 Å². The number of imidazole rings is 1. The number of halogens is 1. The van der Waals surface area contributed by atoms with E-state index in [-0.39, 0.29) is 0 Å². The van der Waals surface area contributed by atoms with E-state index in [2.05, 4.69) is 34.8 Å². The van der Waals surface area contributed by atoms with Gasteiger partial charge in [0.05, 0.1) is 33.9 Å². The van der Waals surface area contributed by atoms with Gasteiger partial charge < -0.3 is 9.88 Å². The Morgan fingerprint density at radius 2 is 1.93 bits per heavy atom. The van der Waals surface area contributed by atoms with Crippen molar-refractivity contribution in [1.82, 2.24) is 39.6 Å². The average Bonchev–Trinajstić information content (AvgIpc) is 3.32. The Morgan fingerprint density at radius 3 is 2.63 bits per heavy atom. The molecule has 0 atom stereocenters. The predicted molar refractivity (Wildman–Crippen MR) is 115 cm³/mol. The lowest BCUT2D eigenvalue weighted by Crippen LogP contribution is -2.46. The minimum absolute atomic E-state index is 0.628. The van der Waals surface area contributed by atoms with Crippen LogP contribution in [-0.2, 0) is 13.6 Å². The Hall–Kier alpha value is -3.04. The molecule has 0 aliphatic carbocycles. The number of aromatic amines is 1. The molecule has 1 aliphatic heterocycles. The highest BCUT2D eigenvalue weighted by Crippen LogP contribution is 2.34. The largest absolute Gasteiger partial charge is 0.366 e. The lowest BCUT2D eigenvalue weighted by molar-refractivity contribution is 0.247. The number of nitrogens with one attached hydrogen (secondary N) is 1. The molecule has 5 heterocycles. The van der Waals surface area contributed by atoms with Gasteiger partial charge in [0, 0.05) is 64.6 Å². The monoisotopic (exact) mass is 423 g/mol. The van der Waals surface area contributed by atoms with Crippen LogP contribution in [-0.4, -0.2) is 65.8 Å². The first-order chi connectivity index (χ1) is 14.6. The molecule has 0 bridgehead atoms. The van der Waals surface area contributed by atoms with Crippen LogP contribution in [0.3, 0.4) is 0 Å². The minimum Gasteiger partial charge on any atom is -0.366 e. The van der Waals surface area contributed by atoms with Gasteiger partial charge in [0.25, 0.3) is 0 Å². The number of anilines is 1. The molecule has 0 saturated carbocycles. The zero-order valence-corrected chi connectivity index (χ0v) is 17.6. The second kappa shape index (κ2) is 7.66. The van der Waals surface area contributed by atoms with Crippen molar-refractivity contribution in [3.05, 3.63) is 47.4 Å². The highest BCUT2D eigenvalue weighted by atomic mass is 35.5. The van der Waals surface area contributed by atoms with Gasteiger partial charge >= 0.3 is 0 Å². The summed E-state index contributed by atoms with van der Waals surface area (Å²) in [6.07, 6.45) is 8.90. The van der Waals surface area contributed by atoms with Crippen molar-refractivity contribution < 1.29 is 0 Å². The fourth-order valence-electron chi connectivity index (χ4n) is 3.96. The van der Waals surface area contributed by atoms with Gasteiger partial charge in [-0.25, -0.2) is 9.97 Å². The topological polar surface area (TPSA) is 91.7 Å². The number of pyridine rings is 1. The predicted octanol–water partition coefficient (Wildman–Crippen LogP) is 2.43. The van der Waals surface area contributed by atoms with E-state index in [1.165, 1.54) is 0 Å². The van der Waals surface area contributed by atoms with Crippen LogP contribution < -0.4 is 4.90 Å². The second-order valence-corrected chi connectivity index (χ2v) is 7.91. The third kappa shape index (κ3) is 3.50. The van der Waals surface area contributed by atoms with Gasteiger partial charge in [0.2, 0.25) is 0 Å². The first kappa shape index (κ1) is 19.0. The molecule has 0 radical (unpaired) electrons. The van der Waals surface area contributed by atoms with Crippen molar-refractivity contribution >= 4 is 28.5 Å². The van der Waals surface area contributed by atoms with Gasteiger partial charge in [0.1, 0.15) is 11.3 Å². The van der Waals surface area contributed by atoms with E-state index in [1.54, 1.807) is 23.3 Å². The number of piperazine rings is 1. The Morgan fingerprint density at radius 1 is 1.10 bits per heavy atom. The van der Waals surface area contributed by atoms with E-state index in [4.69, 9.17) is 16.6 Å². The number of rotatable bonds is 4. The molecule has 4 aromatic heterocycles. The second-order valence-electron chi connectivity index (χ2n) is 7.50. The van der Waals surface area contributed by atoms with E-state index < -0.39 is 0 Å². The molecule has 154 valence electrons. The summed E-state index contributed by atoms with van der Waals surface area (Å²) in [5.74, 6) is 0.757. The summed E-state index contributed by atoms with van der Waals surface area (Å²) in [6, 6.07) is 0. The number of fused-ring (bicyclic) bond motifs is 1. The number of nitrogens with zero attached hydrogens (tertiary/aromatic N) is 8. The van der Waals surface area contributed by atoms with Gasteiger partial charge in [-0.05, 0) is 6.92 Å². The van der Waals surface area contributed by atoms with Crippen molar-refractivity contribution in [3.8, 4) is 11.4 Å². The van der Waals surface area contributed by atoms with Crippen LogP contribution in [0.1, 0.15) is 11.4 Å². The van der Waals surface area contributed by atoms with E-state index in [1.807, 2.05) is 26.4 Å². The normalized spacial score (nSPS) is 15.2. The molecule has 1 fully saturated rings. The molecule has 1 aliphatic rings. The van der Waals surface area contributed by atoms with Gasteiger partial charge in [0.15, 0.2) is 5.65 Å². The molecular weight excluding hydrogens is 402 g/mol. The molecule has 5 rings (SSSR count). The highest BCUT2D eigenvalue weighted by molar-refractivity contribution is 6.34. The van der Waals surface area contributed by atoms with Crippen LogP contribution in [0.15, 0.2) is 31.0 Å². The molecule has 10 heteroatoms. The molecule has 9 nitrogen and oxygen atoms in total.